The van der Waals surface area contributed by atoms with E-state index < -0.39 is 0 Å². The predicted octanol–water partition coefficient (Wildman–Crippen LogP) is 2.94. The SMILES string of the molecule is CC(Cc1ccccc1)Nc1cc(=O)[nH]c(C(C)C)n1. The lowest BCUT2D eigenvalue weighted by atomic mass is 10.1. The lowest BCUT2D eigenvalue weighted by Crippen LogP contribution is -2.22. The summed E-state index contributed by atoms with van der Waals surface area (Å²) in [5.41, 5.74) is 1.15. The van der Waals surface area contributed by atoms with Crippen LogP contribution in [0.15, 0.2) is 41.2 Å². The average Bonchev–Trinajstić information content (AvgIpc) is 2.38. The Hall–Kier alpha value is -2.10. The Morgan fingerprint density at radius 3 is 2.55 bits per heavy atom. The van der Waals surface area contributed by atoms with Crippen LogP contribution in [-0.2, 0) is 6.42 Å². The third kappa shape index (κ3) is 3.95. The summed E-state index contributed by atoms with van der Waals surface area (Å²) in [5.74, 6) is 1.56. The second-order valence-electron chi connectivity index (χ2n) is 5.41. The first-order valence-electron chi connectivity index (χ1n) is 6.96. The molecular weight excluding hydrogens is 250 g/mol. The van der Waals surface area contributed by atoms with Crippen LogP contribution in [0.4, 0.5) is 5.82 Å². The third-order valence-electron chi connectivity index (χ3n) is 3.09. The van der Waals surface area contributed by atoms with Gasteiger partial charge in [-0.05, 0) is 18.9 Å². The molecular formula is C16H21N3O. The van der Waals surface area contributed by atoms with Crippen molar-refractivity contribution in [3.05, 3.63) is 58.1 Å². The van der Waals surface area contributed by atoms with E-state index in [-0.39, 0.29) is 17.5 Å². The summed E-state index contributed by atoms with van der Waals surface area (Å²) in [4.78, 5) is 18.8. The number of hydrogen-bond acceptors (Lipinski definition) is 3. The highest BCUT2D eigenvalue weighted by atomic mass is 16.1. The number of benzene rings is 1. The van der Waals surface area contributed by atoms with E-state index in [4.69, 9.17) is 0 Å². The van der Waals surface area contributed by atoms with Crippen LogP contribution in [0.25, 0.3) is 0 Å². The van der Waals surface area contributed by atoms with Crippen LogP contribution in [0.5, 0.6) is 0 Å². The molecule has 1 heterocycles. The Morgan fingerprint density at radius 2 is 1.90 bits per heavy atom. The fraction of sp³-hybridized carbons (Fsp3) is 0.375. The topological polar surface area (TPSA) is 57.8 Å². The van der Waals surface area contributed by atoms with Crippen molar-refractivity contribution in [1.82, 2.24) is 9.97 Å². The van der Waals surface area contributed by atoms with Crippen LogP contribution >= 0.6 is 0 Å². The van der Waals surface area contributed by atoms with Crippen molar-refractivity contribution >= 4 is 5.82 Å². The van der Waals surface area contributed by atoms with Gasteiger partial charge >= 0.3 is 0 Å². The van der Waals surface area contributed by atoms with E-state index in [1.54, 1.807) is 0 Å². The van der Waals surface area contributed by atoms with Crippen LogP contribution in [0.3, 0.4) is 0 Å². The van der Waals surface area contributed by atoms with E-state index in [2.05, 4.69) is 34.3 Å². The van der Waals surface area contributed by atoms with Crippen LogP contribution in [0, 0.1) is 0 Å². The summed E-state index contributed by atoms with van der Waals surface area (Å²) in [6.07, 6.45) is 0.895. The Morgan fingerprint density at radius 1 is 1.20 bits per heavy atom. The minimum absolute atomic E-state index is 0.113. The van der Waals surface area contributed by atoms with E-state index in [0.717, 1.165) is 6.42 Å². The molecule has 0 amide bonds. The monoisotopic (exact) mass is 271 g/mol. The molecule has 0 spiro atoms. The Labute approximate surface area is 119 Å². The van der Waals surface area contributed by atoms with Crippen molar-refractivity contribution in [2.75, 3.05) is 5.32 Å². The summed E-state index contributed by atoms with van der Waals surface area (Å²) in [5, 5.41) is 3.30. The number of aromatic nitrogens is 2. The first-order valence-corrected chi connectivity index (χ1v) is 6.96. The van der Waals surface area contributed by atoms with Gasteiger partial charge in [-0.1, -0.05) is 44.2 Å². The lowest BCUT2D eigenvalue weighted by molar-refractivity contribution is 0.748. The number of rotatable bonds is 5. The maximum Gasteiger partial charge on any atom is 0.252 e. The van der Waals surface area contributed by atoms with Gasteiger partial charge in [0.25, 0.3) is 5.56 Å². The molecule has 0 aliphatic carbocycles. The fourth-order valence-electron chi connectivity index (χ4n) is 2.09. The molecule has 4 nitrogen and oxygen atoms in total. The third-order valence-corrected chi connectivity index (χ3v) is 3.09. The average molecular weight is 271 g/mol. The molecule has 0 saturated heterocycles. The van der Waals surface area contributed by atoms with Crippen LogP contribution in [-0.4, -0.2) is 16.0 Å². The molecule has 106 valence electrons. The van der Waals surface area contributed by atoms with Gasteiger partial charge in [0.2, 0.25) is 0 Å². The van der Waals surface area contributed by atoms with Crippen LogP contribution < -0.4 is 10.9 Å². The maximum absolute atomic E-state index is 11.6. The van der Waals surface area contributed by atoms with Gasteiger partial charge in [-0.3, -0.25) is 4.79 Å². The molecule has 0 aliphatic rings. The number of H-pyrrole nitrogens is 1. The van der Waals surface area contributed by atoms with Crippen molar-refractivity contribution < 1.29 is 0 Å². The standard InChI is InChI=1S/C16H21N3O/c1-11(2)16-18-14(10-15(20)19-16)17-12(3)9-13-7-5-4-6-8-13/h4-8,10-12H,9H2,1-3H3,(H2,17,18,19,20). The van der Waals surface area contributed by atoms with E-state index in [1.807, 2.05) is 32.0 Å². The normalized spacial score (nSPS) is 12.4. The Balaban J connectivity index is 2.08. The first-order chi connectivity index (χ1) is 9.54. The molecule has 0 aliphatic heterocycles. The number of aromatic amines is 1. The molecule has 2 aromatic rings. The fourth-order valence-corrected chi connectivity index (χ4v) is 2.09. The molecule has 20 heavy (non-hydrogen) atoms. The van der Waals surface area contributed by atoms with E-state index in [9.17, 15) is 4.79 Å². The number of nitrogens with zero attached hydrogens (tertiary/aromatic N) is 1. The highest BCUT2D eigenvalue weighted by Gasteiger charge is 2.08. The Bertz CT molecular complexity index is 605. The van der Waals surface area contributed by atoms with Crippen molar-refractivity contribution in [1.29, 1.82) is 0 Å². The number of nitrogens with one attached hydrogen (secondary N) is 2. The molecule has 1 aromatic carbocycles. The summed E-state index contributed by atoms with van der Waals surface area (Å²) >= 11 is 0. The molecule has 2 rings (SSSR count). The summed E-state index contributed by atoms with van der Waals surface area (Å²) < 4.78 is 0. The zero-order valence-electron chi connectivity index (χ0n) is 12.2. The molecule has 4 heteroatoms. The van der Waals surface area contributed by atoms with Crippen LogP contribution in [0.2, 0.25) is 0 Å². The van der Waals surface area contributed by atoms with Gasteiger partial charge in [0.05, 0.1) is 0 Å². The molecule has 0 fully saturated rings. The molecule has 0 bridgehead atoms. The minimum Gasteiger partial charge on any atom is -0.367 e. The highest BCUT2D eigenvalue weighted by Crippen LogP contribution is 2.11. The van der Waals surface area contributed by atoms with Gasteiger partial charge in [0, 0.05) is 18.0 Å². The molecule has 1 atom stereocenters. The van der Waals surface area contributed by atoms with Crippen molar-refractivity contribution in [3.63, 3.8) is 0 Å². The molecule has 1 aromatic heterocycles. The van der Waals surface area contributed by atoms with Gasteiger partial charge in [-0.2, -0.15) is 0 Å². The minimum atomic E-state index is -0.113. The molecule has 2 N–H and O–H groups in total. The van der Waals surface area contributed by atoms with Gasteiger partial charge < -0.3 is 10.3 Å². The Kier molecular flexibility index (Phi) is 4.56. The largest absolute Gasteiger partial charge is 0.367 e. The quantitative estimate of drug-likeness (QED) is 0.879. The molecule has 0 radical (unpaired) electrons. The smallest absolute Gasteiger partial charge is 0.252 e. The lowest BCUT2D eigenvalue weighted by Gasteiger charge is -2.15. The van der Waals surface area contributed by atoms with Crippen molar-refractivity contribution in [3.8, 4) is 0 Å². The van der Waals surface area contributed by atoms with Gasteiger partial charge in [0.15, 0.2) is 0 Å². The number of anilines is 1. The number of hydrogen-bond donors (Lipinski definition) is 2. The summed E-state index contributed by atoms with van der Waals surface area (Å²) in [6.45, 7) is 6.11. The van der Waals surface area contributed by atoms with Gasteiger partial charge in [-0.15, -0.1) is 0 Å². The second kappa shape index (κ2) is 6.37. The zero-order valence-corrected chi connectivity index (χ0v) is 12.2. The second-order valence-corrected chi connectivity index (χ2v) is 5.41. The summed E-state index contributed by atoms with van der Waals surface area (Å²) in [7, 11) is 0. The van der Waals surface area contributed by atoms with E-state index in [0.29, 0.717) is 11.6 Å². The van der Waals surface area contributed by atoms with E-state index >= 15 is 0 Å². The van der Waals surface area contributed by atoms with Crippen LogP contribution in [0.1, 0.15) is 38.1 Å². The van der Waals surface area contributed by atoms with Crippen molar-refractivity contribution in [2.45, 2.75) is 39.2 Å². The highest BCUT2D eigenvalue weighted by molar-refractivity contribution is 5.35. The predicted molar refractivity (Wildman–Crippen MR) is 82.2 cm³/mol. The zero-order chi connectivity index (χ0) is 14.5. The molecule has 1 unspecified atom stereocenters. The molecule has 0 saturated carbocycles. The van der Waals surface area contributed by atoms with Gasteiger partial charge in [-0.25, -0.2) is 4.98 Å². The van der Waals surface area contributed by atoms with Crippen molar-refractivity contribution in [2.24, 2.45) is 0 Å². The van der Waals surface area contributed by atoms with Gasteiger partial charge in [0.1, 0.15) is 11.6 Å². The van der Waals surface area contributed by atoms with E-state index in [1.165, 1.54) is 11.6 Å². The summed E-state index contributed by atoms with van der Waals surface area (Å²) in [6, 6.07) is 12.0. The maximum atomic E-state index is 11.6. The first kappa shape index (κ1) is 14.3.